The number of amidine groups is 1. The average molecular weight is 261 g/mol. The van der Waals surface area contributed by atoms with Gasteiger partial charge in [-0.2, -0.15) is 0 Å². The molecule has 1 saturated heterocycles. The average Bonchev–Trinajstić information content (AvgIpc) is 2.46. The maximum atomic E-state index is 7.46. The molecule has 0 radical (unpaired) electrons. The van der Waals surface area contributed by atoms with Gasteiger partial charge in [0.05, 0.1) is 0 Å². The number of aromatic nitrogens is 1. The summed E-state index contributed by atoms with van der Waals surface area (Å²) in [4.78, 5) is 8.88. The van der Waals surface area contributed by atoms with Gasteiger partial charge in [0.1, 0.15) is 11.5 Å². The molecule has 2 heterocycles. The van der Waals surface area contributed by atoms with Crippen molar-refractivity contribution in [3.05, 3.63) is 24.0 Å². The molecule has 0 saturated carbocycles. The smallest absolute Gasteiger partial charge is 0.141 e. The van der Waals surface area contributed by atoms with Gasteiger partial charge in [-0.3, -0.25) is 10.4 Å². The molecule has 0 spiro atoms. The van der Waals surface area contributed by atoms with Crippen molar-refractivity contribution in [3.8, 4) is 0 Å². The zero-order valence-corrected chi connectivity index (χ0v) is 11.8. The number of hydrogen-bond acceptors (Lipinski definition) is 4. The van der Waals surface area contributed by atoms with Crippen molar-refractivity contribution in [1.82, 2.24) is 9.88 Å². The fraction of sp³-hybridized carbons (Fsp3) is 0.571. The molecule has 19 heavy (non-hydrogen) atoms. The first-order valence-electron chi connectivity index (χ1n) is 6.87. The molecule has 0 aliphatic carbocycles. The number of likely N-dealkylation sites (tertiary alicyclic amines) is 1. The van der Waals surface area contributed by atoms with Crippen LogP contribution in [0.1, 0.15) is 25.5 Å². The van der Waals surface area contributed by atoms with Crippen molar-refractivity contribution in [2.75, 3.05) is 31.6 Å². The van der Waals surface area contributed by atoms with Crippen LogP contribution >= 0.6 is 0 Å². The van der Waals surface area contributed by atoms with E-state index in [0.717, 1.165) is 25.3 Å². The summed E-state index contributed by atoms with van der Waals surface area (Å²) in [6, 6.07) is 4.44. The van der Waals surface area contributed by atoms with Gasteiger partial charge in [0, 0.05) is 38.1 Å². The van der Waals surface area contributed by atoms with E-state index < -0.39 is 0 Å². The van der Waals surface area contributed by atoms with Gasteiger partial charge in [0.25, 0.3) is 0 Å². The SMILES string of the molecule is CCN1CCC(N(C)c2ccnc(C(=N)N)c2)CC1. The molecule has 1 aliphatic rings. The monoisotopic (exact) mass is 261 g/mol. The number of hydrogen-bond donors (Lipinski definition) is 2. The Balaban J connectivity index is 2.05. The van der Waals surface area contributed by atoms with Crippen molar-refractivity contribution in [1.29, 1.82) is 5.41 Å². The van der Waals surface area contributed by atoms with E-state index in [1.54, 1.807) is 6.20 Å². The van der Waals surface area contributed by atoms with Gasteiger partial charge in [0.2, 0.25) is 0 Å². The Hall–Kier alpha value is -1.62. The van der Waals surface area contributed by atoms with Crippen LogP contribution in [0.4, 0.5) is 5.69 Å². The summed E-state index contributed by atoms with van der Waals surface area (Å²) in [5, 5.41) is 7.46. The van der Waals surface area contributed by atoms with Crippen LogP contribution in [-0.2, 0) is 0 Å². The van der Waals surface area contributed by atoms with Crippen LogP contribution in [0.5, 0.6) is 0 Å². The predicted octanol–water partition coefficient (Wildman–Crippen LogP) is 1.29. The fourth-order valence-corrected chi connectivity index (χ4v) is 2.62. The summed E-state index contributed by atoms with van der Waals surface area (Å²) >= 11 is 0. The number of nitrogens with zero attached hydrogens (tertiary/aromatic N) is 3. The molecule has 1 fully saturated rings. The van der Waals surface area contributed by atoms with Crippen LogP contribution in [0.3, 0.4) is 0 Å². The van der Waals surface area contributed by atoms with Crippen LogP contribution in [0.25, 0.3) is 0 Å². The third-order valence-electron chi connectivity index (χ3n) is 3.98. The number of pyridine rings is 1. The van der Waals surface area contributed by atoms with E-state index in [1.807, 2.05) is 12.1 Å². The summed E-state index contributed by atoms with van der Waals surface area (Å²) < 4.78 is 0. The summed E-state index contributed by atoms with van der Waals surface area (Å²) in [6.45, 7) is 5.68. The van der Waals surface area contributed by atoms with E-state index in [2.05, 4.69) is 28.8 Å². The Labute approximate surface area is 114 Å². The van der Waals surface area contributed by atoms with Gasteiger partial charge >= 0.3 is 0 Å². The first-order chi connectivity index (χ1) is 9.11. The van der Waals surface area contributed by atoms with Gasteiger partial charge in [-0.1, -0.05) is 6.92 Å². The van der Waals surface area contributed by atoms with Gasteiger partial charge in [0.15, 0.2) is 0 Å². The molecule has 3 N–H and O–H groups in total. The second kappa shape index (κ2) is 6.02. The minimum Gasteiger partial charge on any atom is -0.382 e. The van der Waals surface area contributed by atoms with E-state index in [0.29, 0.717) is 11.7 Å². The van der Waals surface area contributed by atoms with Crippen LogP contribution in [-0.4, -0.2) is 48.4 Å². The highest BCUT2D eigenvalue weighted by Crippen LogP contribution is 2.22. The van der Waals surface area contributed by atoms with Crippen molar-refractivity contribution in [2.45, 2.75) is 25.8 Å². The second-order valence-corrected chi connectivity index (χ2v) is 5.09. The predicted molar refractivity (Wildman–Crippen MR) is 78.8 cm³/mol. The summed E-state index contributed by atoms with van der Waals surface area (Å²) in [5.74, 6) is 0.0241. The van der Waals surface area contributed by atoms with E-state index in [-0.39, 0.29) is 5.84 Å². The molecule has 104 valence electrons. The topological polar surface area (TPSA) is 69.2 Å². The molecule has 0 amide bonds. The zero-order valence-electron chi connectivity index (χ0n) is 11.8. The lowest BCUT2D eigenvalue weighted by molar-refractivity contribution is 0.221. The Morgan fingerprint density at radius 1 is 1.53 bits per heavy atom. The maximum absolute atomic E-state index is 7.46. The molecular weight excluding hydrogens is 238 g/mol. The number of nitrogens with one attached hydrogen (secondary N) is 1. The van der Waals surface area contributed by atoms with Gasteiger partial charge < -0.3 is 15.5 Å². The van der Waals surface area contributed by atoms with E-state index in [9.17, 15) is 0 Å². The zero-order chi connectivity index (χ0) is 13.8. The van der Waals surface area contributed by atoms with E-state index >= 15 is 0 Å². The Morgan fingerprint density at radius 2 is 2.21 bits per heavy atom. The minimum atomic E-state index is 0.0241. The van der Waals surface area contributed by atoms with Gasteiger partial charge in [-0.15, -0.1) is 0 Å². The minimum absolute atomic E-state index is 0.0241. The van der Waals surface area contributed by atoms with Gasteiger partial charge in [-0.05, 0) is 31.5 Å². The molecule has 0 unspecified atom stereocenters. The summed E-state index contributed by atoms with van der Waals surface area (Å²) in [7, 11) is 2.12. The van der Waals surface area contributed by atoms with Gasteiger partial charge in [-0.25, -0.2) is 0 Å². The van der Waals surface area contributed by atoms with Crippen molar-refractivity contribution < 1.29 is 0 Å². The quantitative estimate of drug-likeness (QED) is 0.633. The van der Waals surface area contributed by atoms with Crippen LogP contribution in [0.2, 0.25) is 0 Å². The van der Waals surface area contributed by atoms with Crippen LogP contribution < -0.4 is 10.6 Å². The number of piperidine rings is 1. The number of nitrogen functional groups attached to an aromatic ring is 1. The van der Waals surface area contributed by atoms with Crippen molar-refractivity contribution >= 4 is 11.5 Å². The van der Waals surface area contributed by atoms with E-state index in [4.69, 9.17) is 11.1 Å². The van der Waals surface area contributed by atoms with Crippen molar-refractivity contribution in [2.24, 2.45) is 5.73 Å². The lowest BCUT2D eigenvalue weighted by Gasteiger charge is -2.37. The fourth-order valence-electron chi connectivity index (χ4n) is 2.62. The highest BCUT2D eigenvalue weighted by molar-refractivity contribution is 5.93. The first kappa shape index (κ1) is 13.8. The maximum Gasteiger partial charge on any atom is 0.141 e. The Bertz CT molecular complexity index is 437. The lowest BCUT2D eigenvalue weighted by Crippen LogP contribution is -2.43. The van der Waals surface area contributed by atoms with Crippen LogP contribution in [0.15, 0.2) is 18.3 Å². The largest absolute Gasteiger partial charge is 0.382 e. The number of nitrogens with two attached hydrogens (primary N) is 1. The Kier molecular flexibility index (Phi) is 4.37. The number of anilines is 1. The third-order valence-corrected chi connectivity index (χ3v) is 3.98. The van der Waals surface area contributed by atoms with E-state index in [1.165, 1.54) is 12.8 Å². The molecule has 1 aliphatic heterocycles. The molecule has 0 atom stereocenters. The molecule has 2 rings (SSSR count). The molecule has 0 bridgehead atoms. The molecule has 0 aromatic carbocycles. The lowest BCUT2D eigenvalue weighted by atomic mass is 10.0. The van der Waals surface area contributed by atoms with Crippen LogP contribution in [0, 0.1) is 5.41 Å². The second-order valence-electron chi connectivity index (χ2n) is 5.09. The first-order valence-corrected chi connectivity index (χ1v) is 6.87. The third kappa shape index (κ3) is 3.23. The normalized spacial score (nSPS) is 17.4. The molecule has 1 aromatic heterocycles. The molecule has 5 nitrogen and oxygen atoms in total. The Morgan fingerprint density at radius 3 is 2.79 bits per heavy atom. The molecule has 1 aromatic rings. The number of rotatable bonds is 4. The highest BCUT2D eigenvalue weighted by atomic mass is 15.2. The summed E-state index contributed by atoms with van der Waals surface area (Å²) in [5.41, 5.74) is 7.14. The standard InChI is InChI=1S/C14H23N5/c1-3-19-8-5-11(6-9-19)18(2)12-4-7-17-13(10-12)14(15)16/h4,7,10-11H,3,5-6,8-9H2,1-2H3,(H3,15,16). The molecular formula is C14H23N5. The highest BCUT2D eigenvalue weighted by Gasteiger charge is 2.22. The summed E-state index contributed by atoms with van der Waals surface area (Å²) in [6.07, 6.45) is 4.09. The van der Waals surface area contributed by atoms with Crippen molar-refractivity contribution in [3.63, 3.8) is 0 Å². The molecule has 5 heteroatoms.